The first kappa shape index (κ1) is 18.7. The van der Waals surface area contributed by atoms with E-state index in [1.54, 1.807) is 18.2 Å². The van der Waals surface area contributed by atoms with Crippen LogP contribution in [0, 0.1) is 0 Å². The standard InChI is InChI=1S/C17H23NO5/c1-23-15-9-7-8-13(14(15)12-19)17(22)18-11-6-4-2-3-5-10-16(20)21/h7-9,12H,2-6,10-11H2,1H3,(H,18,22)(H,20,21). The van der Waals surface area contributed by atoms with Gasteiger partial charge in [-0.3, -0.25) is 14.4 Å². The van der Waals surface area contributed by atoms with Crippen molar-refractivity contribution in [2.45, 2.75) is 38.5 Å². The Morgan fingerprint density at radius 3 is 2.52 bits per heavy atom. The molecule has 1 aromatic rings. The van der Waals surface area contributed by atoms with Crippen molar-refractivity contribution in [2.75, 3.05) is 13.7 Å². The van der Waals surface area contributed by atoms with E-state index in [9.17, 15) is 14.4 Å². The molecule has 1 amide bonds. The first-order valence-corrected chi connectivity index (χ1v) is 7.72. The molecule has 0 saturated carbocycles. The highest BCUT2D eigenvalue weighted by Gasteiger charge is 2.14. The molecule has 0 aliphatic heterocycles. The molecule has 0 saturated heterocycles. The van der Waals surface area contributed by atoms with E-state index >= 15 is 0 Å². The second-order valence-electron chi connectivity index (χ2n) is 5.21. The number of hydrogen-bond acceptors (Lipinski definition) is 4. The van der Waals surface area contributed by atoms with E-state index in [0.717, 1.165) is 25.7 Å². The first-order valence-electron chi connectivity index (χ1n) is 7.72. The van der Waals surface area contributed by atoms with Gasteiger partial charge in [0, 0.05) is 13.0 Å². The molecule has 1 aromatic carbocycles. The van der Waals surface area contributed by atoms with Crippen molar-refractivity contribution >= 4 is 18.2 Å². The molecule has 0 aliphatic carbocycles. The molecule has 1 rings (SSSR count). The van der Waals surface area contributed by atoms with Gasteiger partial charge in [-0.1, -0.05) is 25.3 Å². The molecular weight excluding hydrogens is 298 g/mol. The van der Waals surface area contributed by atoms with E-state index in [2.05, 4.69) is 5.32 Å². The number of carboxylic acid groups (broad SMARTS) is 1. The number of carboxylic acids is 1. The van der Waals surface area contributed by atoms with Gasteiger partial charge >= 0.3 is 5.97 Å². The minimum absolute atomic E-state index is 0.209. The van der Waals surface area contributed by atoms with Crippen LogP contribution in [0.2, 0.25) is 0 Å². The molecule has 0 bridgehead atoms. The number of rotatable bonds is 11. The Morgan fingerprint density at radius 1 is 1.17 bits per heavy atom. The van der Waals surface area contributed by atoms with Gasteiger partial charge in [-0.2, -0.15) is 0 Å². The Bertz CT molecular complexity index is 542. The van der Waals surface area contributed by atoms with Crippen molar-refractivity contribution in [1.29, 1.82) is 0 Å². The van der Waals surface area contributed by atoms with Crippen LogP contribution in [0.1, 0.15) is 59.2 Å². The smallest absolute Gasteiger partial charge is 0.303 e. The highest BCUT2D eigenvalue weighted by atomic mass is 16.5. The fourth-order valence-corrected chi connectivity index (χ4v) is 2.27. The number of unbranched alkanes of at least 4 members (excludes halogenated alkanes) is 4. The number of carbonyl (C=O) groups is 3. The SMILES string of the molecule is COc1cccc(C(=O)NCCCCCCCC(=O)O)c1C=O. The molecule has 0 spiro atoms. The summed E-state index contributed by atoms with van der Waals surface area (Å²) in [4.78, 5) is 33.6. The molecular formula is C17H23NO5. The number of amides is 1. The number of hydrogen-bond donors (Lipinski definition) is 2. The van der Waals surface area contributed by atoms with Gasteiger partial charge in [0.25, 0.3) is 5.91 Å². The number of nitrogens with one attached hydrogen (secondary N) is 1. The summed E-state index contributed by atoms with van der Waals surface area (Å²) in [5.74, 6) is -0.676. The number of aldehydes is 1. The van der Waals surface area contributed by atoms with E-state index in [4.69, 9.17) is 9.84 Å². The predicted molar refractivity (Wildman–Crippen MR) is 86.1 cm³/mol. The van der Waals surface area contributed by atoms with Crippen LogP contribution in [0.25, 0.3) is 0 Å². The van der Waals surface area contributed by atoms with Crippen molar-refractivity contribution in [2.24, 2.45) is 0 Å². The summed E-state index contributed by atoms with van der Waals surface area (Å²) in [6.07, 6.45) is 5.09. The van der Waals surface area contributed by atoms with Gasteiger partial charge < -0.3 is 15.2 Å². The van der Waals surface area contributed by atoms with Crippen LogP contribution in [-0.2, 0) is 4.79 Å². The van der Waals surface area contributed by atoms with E-state index < -0.39 is 5.97 Å². The van der Waals surface area contributed by atoms with Gasteiger partial charge in [0.2, 0.25) is 0 Å². The average Bonchev–Trinajstić information content (AvgIpc) is 2.55. The summed E-state index contributed by atoms with van der Waals surface area (Å²) in [6.45, 7) is 0.521. The lowest BCUT2D eigenvalue weighted by molar-refractivity contribution is -0.137. The summed E-state index contributed by atoms with van der Waals surface area (Å²) < 4.78 is 5.07. The number of benzene rings is 1. The van der Waals surface area contributed by atoms with Crippen LogP contribution in [-0.4, -0.2) is 36.9 Å². The van der Waals surface area contributed by atoms with E-state index in [1.165, 1.54) is 7.11 Å². The Labute approximate surface area is 135 Å². The highest BCUT2D eigenvalue weighted by Crippen LogP contribution is 2.20. The second kappa shape index (κ2) is 10.4. The lowest BCUT2D eigenvalue weighted by atomic mass is 10.1. The third-order valence-corrected chi connectivity index (χ3v) is 3.50. The molecule has 6 nitrogen and oxygen atoms in total. The fraction of sp³-hybridized carbons (Fsp3) is 0.471. The monoisotopic (exact) mass is 321 g/mol. The summed E-state index contributed by atoms with van der Waals surface area (Å²) in [5.41, 5.74) is 0.557. The topological polar surface area (TPSA) is 92.7 Å². The normalized spacial score (nSPS) is 10.1. The Morgan fingerprint density at radius 2 is 1.87 bits per heavy atom. The predicted octanol–water partition coefficient (Wildman–Crippen LogP) is 2.66. The van der Waals surface area contributed by atoms with E-state index in [-0.39, 0.29) is 17.9 Å². The third-order valence-electron chi connectivity index (χ3n) is 3.50. The van der Waals surface area contributed by atoms with Crippen molar-refractivity contribution < 1.29 is 24.2 Å². The summed E-state index contributed by atoms with van der Waals surface area (Å²) in [7, 11) is 1.45. The van der Waals surface area contributed by atoms with E-state index in [1.807, 2.05) is 0 Å². The van der Waals surface area contributed by atoms with Crippen LogP contribution in [0.5, 0.6) is 5.75 Å². The lowest BCUT2D eigenvalue weighted by Gasteiger charge is -2.10. The lowest BCUT2D eigenvalue weighted by Crippen LogP contribution is -2.25. The number of ether oxygens (including phenoxy) is 1. The van der Waals surface area contributed by atoms with Crippen LogP contribution in [0.15, 0.2) is 18.2 Å². The quantitative estimate of drug-likeness (QED) is 0.483. The minimum Gasteiger partial charge on any atom is -0.496 e. The van der Waals surface area contributed by atoms with Crippen molar-refractivity contribution in [3.63, 3.8) is 0 Å². The molecule has 0 radical (unpaired) electrons. The van der Waals surface area contributed by atoms with Crippen molar-refractivity contribution in [3.05, 3.63) is 29.3 Å². The maximum Gasteiger partial charge on any atom is 0.303 e. The summed E-state index contributed by atoms with van der Waals surface area (Å²) in [5, 5.41) is 11.3. The van der Waals surface area contributed by atoms with Crippen molar-refractivity contribution in [1.82, 2.24) is 5.32 Å². The van der Waals surface area contributed by atoms with Gasteiger partial charge in [0.1, 0.15) is 5.75 Å². The molecule has 2 N–H and O–H groups in total. The zero-order chi connectivity index (χ0) is 17.1. The summed E-state index contributed by atoms with van der Waals surface area (Å²) >= 11 is 0. The summed E-state index contributed by atoms with van der Waals surface area (Å²) in [6, 6.07) is 4.90. The zero-order valence-corrected chi connectivity index (χ0v) is 13.3. The second-order valence-corrected chi connectivity index (χ2v) is 5.21. The van der Waals surface area contributed by atoms with E-state index in [0.29, 0.717) is 30.6 Å². The highest BCUT2D eigenvalue weighted by molar-refractivity contribution is 6.02. The Hall–Kier alpha value is -2.37. The van der Waals surface area contributed by atoms with Crippen molar-refractivity contribution in [3.8, 4) is 5.75 Å². The van der Waals surface area contributed by atoms with Crippen LogP contribution >= 0.6 is 0 Å². The van der Waals surface area contributed by atoms with Crippen LogP contribution in [0.3, 0.4) is 0 Å². The molecule has 0 heterocycles. The first-order chi connectivity index (χ1) is 11.1. The molecule has 0 aromatic heterocycles. The molecule has 0 aliphatic rings. The maximum absolute atomic E-state index is 12.1. The van der Waals surface area contributed by atoms with Gasteiger partial charge in [-0.05, 0) is 25.0 Å². The molecule has 126 valence electrons. The maximum atomic E-state index is 12.1. The zero-order valence-electron chi connectivity index (χ0n) is 13.3. The molecule has 6 heteroatoms. The number of carbonyl (C=O) groups excluding carboxylic acids is 2. The van der Waals surface area contributed by atoms with Gasteiger partial charge in [-0.25, -0.2) is 0 Å². The Kier molecular flexibility index (Phi) is 8.42. The van der Waals surface area contributed by atoms with Crippen LogP contribution < -0.4 is 10.1 Å². The third kappa shape index (κ3) is 6.50. The Balaban J connectivity index is 2.32. The fourth-order valence-electron chi connectivity index (χ4n) is 2.27. The average molecular weight is 321 g/mol. The number of methoxy groups -OCH3 is 1. The number of aliphatic carboxylic acids is 1. The minimum atomic E-state index is -0.762. The van der Waals surface area contributed by atoms with Gasteiger partial charge in [-0.15, -0.1) is 0 Å². The molecule has 23 heavy (non-hydrogen) atoms. The van der Waals surface area contributed by atoms with Crippen LogP contribution in [0.4, 0.5) is 0 Å². The molecule has 0 fully saturated rings. The van der Waals surface area contributed by atoms with Gasteiger partial charge in [0.05, 0.1) is 18.2 Å². The largest absolute Gasteiger partial charge is 0.496 e. The molecule has 0 unspecified atom stereocenters. The van der Waals surface area contributed by atoms with Gasteiger partial charge in [0.15, 0.2) is 6.29 Å². The molecule has 0 atom stereocenters.